The van der Waals surface area contributed by atoms with Crippen molar-refractivity contribution >= 4 is 46.4 Å². The maximum absolute atomic E-state index is 12.2. The molecule has 0 atom stereocenters. The van der Waals surface area contributed by atoms with Gasteiger partial charge in [-0.25, -0.2) is 9.97 Å². The van der Waals surface area contributed by atoms with Crippen LogP contribution in [0.4, 0.5) is 17.3 Å². The SMILES string of the molecule is O=C(NNc1ncnc(NCc2ccc(Cl)cc2)c1[N+](=O)[O-])c1ccccc1Cl. The van der Waals surface area contributed by atoms with Gasteiger partial charge in [-0.2, -0.15) is 0 Å². The van der Waals surface area contributed by atoms with Gasteiger partial charge in [0, 0.05) is 11.6 Å². The largest absolute Gasteiger partial charge is 0.360 e. The molecule has 9 nitrogen and oxygen atoms in total. The Bertz CT molecular complexity index is 1050. The van der Waals surface area contributed by atoms with E-state index in [1.807, 2.05) is 0 Å². The molecular weight excluding hydrogens is 419 g/mol. The number of carbonyl (C=O) groups is 1. The summed E-state index contributed by atoms with van der Waals surface area (Å²) in [5, 5.41) is 15.3. The molecule has 1 heterocycles. The van der Waals surface area contributed by atoms with Crippen LogP contribution in [0.1, 0.15) is 15.9 Å². The lowest BCUT2D eigenvalue weighted by molar-refractivity contribution is -0.383. The third kappa shape index (κ3) is 5.09. The lowest BCUT2D eigenvalue weighted by atomic mass is 10.2. The second kappa shape index (κ2) is 9.18. The topological polar surface area (TPSA) is 122 Å². The molecule has 2 aromatic carbocycles. The summed E-state index contributed by atoms with van der Waals surface area (Å²) in [6.45, 7) is 0.278. The first kappa shape index (κ1) is 20.3. The van der Waals surface area contributed by atoms with Gasteiger partial charge < -0.3 is 5.32 Å². The monoisotopic (exact) mass is 432 g/mol. The maximum atomic E-state index is 12.2. The zero-order valence-corrected chi connectivity index (χ0v) is 16.2. The van der Waals surface area contributed by atoms with E-state index in [9.17, 15) is 14.9 Å². The third-order valence-corrected chi connectivity index (χ3v) is 4.37. The molecule has 3 N–H and O–H groups in total. The van der Waals surface area contributed by atoms with Gasteiger partial charge in [0.15, 0.2) is 0 Å². The molecule has 1 amide bonds. The number of halogens is 2. The maximum Gasteiger partial charge on any atom is 0.354 e. The van der Waals surface area contributed by atoms with Crippen molar-refractivity contribution in [2.24, 2.45) is 0 Å². The highest BCUT2D eigenvalue weighted by Crippen LogP contribution is 2.29. The number of nitrogens with zero attached hydrogens (tertiary/aromatic N) is 3. The molecule has 29 heavy (non-hydrogen) atoms. The van der Waals surface area contributed by atoms with Gasteiger partial charge in [-0.1, -0.05) is 47.5 Å². The Morgan fingerprint density at radius 1 is 1.03 bits per heavy atom. The van der Waals surface area contributed by atoms with Crippen molar-refractivity contribution < 1.29 is 9.72 Å². The highest BCUT2D eigenvalue weighted by molar-refractivity contribution is 6.33. The second-order valence-electron chi connectivity index (χ2n) is 5.72. The Kier molecular flexibility index (Phi) is 6.43. The Hall–Kier alpha value is -3.43. The van der Waals surface area contributed by atoms with Gasteiger partial charge in [0.2, 0.25) is 11.6 Å². The second-order valence-corrected chi connectivity index (χ2v) is 6.56. The van der Waals surface area contributed by atoms with Crippen LogP contribution < -0.4 is 16.2 Å². The van der Waals surface area contributed by atoms with Crippen molar-refractivity contribution in [3.63, 3.8) is 0 Å². The van der Waals surface area contributed by atoms with Crippen LogP contribution >= 0.6 is 23.2 Å². The van der Waals surface area contributed by atoms with Crippen molar-refractivity contribution in [1.82, 2.24) is 15.4 Å². The fourth-order valence-corrected chi connectivity index (χ4v) is 2.74. The number of hydrazine groups is 1. The van der Waals surface area contributed by atoms with E-state index < -0.39 is 16.5 Å². The molecule has 0 saturated heterocycles. The summed E-state index contributed by atoms with van der Waals surface area (Å²) < 4.78 is 0. The molecule has 148 valence electrons. The number of rotatable bonds is 7. The smallest absolute Gasteiger partial charge is 0.354 e. The van der Waals surface area contributed by atoms with E-state index in [1.54, 1.807) is 42.5 Å². The molecule has 3 aromatic rings. The van der Waals surface area contributed by atoms with E-state index in [0.717, 1.165) is 11.9 Å². The first-order valence-electron chi connectivity index (χ1n) is 8.24. The van der Waals surface area contributed by atoms with Gasteiger partial charge in [-0.3, -0.25) is 25.8 Å². The highest BCUT2D eigenvalue weighted by Gasteiger charge is 2.23. The number of aromatic nitrogens is 2. The molecule has 0 spiro atoms. The third-order valence-electron chi connectivity index (χ3n) is 3.79. The van der Waals surface area contributed by atoms with Gasteiger partial charge in [0.05, 0.1) is 15.5 Å². The van der Waals surface area contributed by atoms with E-state index >= 15 is 0 Å². The van der Waals surface area contributed by atoms with Gasteiger partial charge in [-0.15, -0.1) is 0 Å². The predicted octanol–water partition coefficient (Wildman–Crippen LogP) is 4.06. The Morgan fingerprint density at radius 2 is 1.72 bits per heavy atom. The number of carbonyl (C=O) groups excluding carboxylic acids is 1. The Labute approximate surface area is 175 Å². The predicted molar refractivity (Wildman–Crippen MR) is 110 cm³/mol. The van der Waals surface area contributed by atoms with Crippen LogP contribution in [0.15, 0.2) is 54.9 Å². The van der Waals surface area contributed by atoms with Crippen molar-refractivity contribution in [3.05, 3.63) is 86.1 Å². The molecule has 0 bridgehead atoms. The fraction of sp³-hybridized carbons (Fsp3) is 0.0556. The standard InChI is InChI=1S/C18H14Cl2N6O3/c19-12-7-5-11(6-8-12)9-21-16-15(26(28)29)17(23-10-22-16)24-25-18(27)13-3-1-2-4-14(13)20/h1-8,10H,9H2,(H,25,27)(H2,21,22,23,24). The summed E-state index contributed by atoms with van der Waals surface area (Å²) in [6.07, 6.45) is 1.14. The molecule has 0 aliphatic carbocycles. The van der Waals surface area contributed by atoms with Crippen molar-refractivity contribution in [3.8, 4) is 0 Å². The molecule has 11 heteroatoms. The average molecular weight is 433 g/mol. The van der Waals surface area contributed by atoms with Crippen molar-refractivity contribution in [2.75, 3.05) is 10.7 Å². The first-order chi connectivity index (χ1) is 14.0. The summed E-state index contributed by atoms with van der Waals surface area (Å²) in [5.41, 5.74) is 5.45. The number of hydrogen-bond donors (Lipinski definition) is 3. The minimum absolute atomic E-state index is 0.00515. The zero-order chi connectivity index (χ0) is 20.8. The fourth-order valence-electron chi connectivity index (χ4n) is 2.39. The van der Waals surface area contributed by atoms with E-state index in [4.69, 9.17) is 23.2 Å². The minimum Gasteiger partial charge on any atom is -0.360 e. The molecule has 0 aliphatic rings. The normalized spacial score (nSPS) is 10.3. The van der Waals surface area contributed by atoms with E-state index in [1.165, 1.54) is 6.07 Å². The zero-order valence-electron chi connectivity index (χ0n) is 14.7. The van der Waals surface area contributed by atoms with Crippen LogP contribution in [-0.4, -0.2) is 20.8 Å². The number of benzene rings is 2. The summed E-state index contributed by atoms with van der Waals surface area (Å²) in [4.78, 5) is 30.9. The molecule has 0 radical (unpaired) electrons. The summed E-state index contributed by atoms with van der Waals surface area (Å²) >= 11 is 11.8. The average Bonchev–Trinajstić information content (AvgIpc) is 2.71. The lowest BCUT2D eigenvalue weighted by Crippen LogP contribution is -2.30. The van der Waals surface area contributed by atoms with Crippen LogP contribution in [-0.2, 0) is 6.54 Å². The number of anilines is 2. The molecule has 0 aliphatic heterocycles. The summed E-state index contributed by atoms with van der Waals surface area (Å²) in [6, 6.07) is 13.4. The quantitative estimate of drug-likeness (QED) is 0.379. The molecule has 0 fully saturated rings. The minimum atomic E-state index is -0.645. The van der Waals surface area contributed by atoms with E-state index in [0.29, 0.717) is 5.02 Å². The molecule has 1 aromatic heterocycles. The van der Waals surface area contributed by atoms with Crippen molar-refractivity contribution in [1.29, 1.82) is 0 Å². The highest BCUT2D eigenvalue weighted by atomic mass is 35.5. The van der Waals surface area contributed by atoms with Gasteiger partial charge in [0.1, 0.15) is 6.33 Å². The first-order valence-corrected chi connectivity index (χ1v) is 9.00. The van der Waals surface area contributed by atoms with Crippen LogP contribution in [0.5, 0.6) is 0 Å². The Morgan fingerprint density at radius 3 is 2.41 bits per heavy atom. The Balaban J connectivity index is 1.76. The lowest BCUT2D eigenvalue weighted by Gasteiger charge is -2.11. The van der Waals surface area contributed by atoms with Crippen LogP contribution in [0.2, 0.25) is 10.0 Å². The van der Waals surface area contributed by atoms with E-state index in [-0.39, 0.29) is 28.8 Å². The molecule has 3 rings (SSSR count). The summed E-state index contributed by atoms with van der Waals surface area (Å²) in [5.74, 6) is -0.752. The van der Waals surface area contributed by atoms with Crippen LogP contribution in [0, 0.1) is 10.1 Å². The number of nitro groups is 1. The number of nitrogens with one attached hydrogen (secondary N) is 3. The molecular formula is C18H14Cl2N6O3. The number of amides is 1. The summed E-state index contributed by atoms with van der Waals surface area (Å²) in [7, 11) is 0. The van der Waals surface area contributed by atoms with Crippen LogP contribution in [0.25, 0.3) is 0 Å². The molecule has 0 saturated carbocycles. The van der Waals surface area contributed by atoms with Crippen LogP contribution in [0.3, 0.4) is 0 Å². The van der Waals surface area contributed by atoms with Gasteiger partial charge in [-0.05, 0) is 29.8 Å². The van der Waals surface area contributed by atoms with E-state index in [2.05, 4.69) is 26.1 Å². The van der Waals surface area contributed by atoms with Gasteiger partial charge >= 0.3 is 5.69 Å². The van der Waals surface area contributed by atoms with Gasteiger partial charge in [0.25, 0.3) is 5.91 Å². The number of hydrogen-bond acceptors (Lipinski definition) is 7. The molecule has 0 unspecified atom stereocenters. The van der Waals surface area contributed by atoms with Crippen molar-refractivity contribution in [2.45, 2.75) is 6.54 Å².